The summed E-state index contributed by atoms with van der Waals surface area (Å²) in [7, 11) is 0. The van der Waals surface area contributed by atoms with Crippen LogP contribution in [-0.2, 0) is 0 Å². The molecule has 0 amide bonds. The van der Waals surface area contributed by atoms with Crippen molar-refractivity contribution in [2.45, 2.75) is 0 Å². The fraction of sp³-hybridized carbons (Fsp3) is 0. The van der Waals surface area contributed by atoms with Crippen LogP contribution in [0.25, 0.3) is 109 Å². The lowest BCUT2D eigenvalue weighted by Crippen LogP contribution is -1.90. The highest BCUT2D eigenvalue weighted by Crippen LogP contribution is 2.46. The molecule has 0 radical (unpaired) electrons. The van der Waals surface area contributed by atoms with Gasteiger partial charge in [0.2, 0.25) is 0 Å². The minimum Gasteiger partial charge on any atom is -0.0622 e. The van der Waals surface area contributed by atoms with Gasteiger partial charge in [-0.25, -0.2) is 0 Å². The Balaban J connectivity index is 1.10. The Kier molecular flexibility index (Phi) is 7.60. The second kappa shape index (κ2) is 13.2. The van der Waals surface area contributed by atoms with Crippen LogP contribution in [0.4, 0.5) is 0 Å². The Morgan fingerprint density at radius 2 is 0.464 bits per heavy atom. The smallest absolute Gasteiger partial charge is 0.00139 e. The van der Waals surface area contributed by atoms with E-state index in [2.05, 4.69) is 218 Å². The lowest BCUT2D eigenvalue weighted by molar-refractivity contribution is 1.57. The fourth-order valence-corrected chi connectivity index (χ4v) is 9.07. The first kappa shape index (κ1) is 32.2. The molecule has 11 rings (SSSR count). The van der Waals surface area contributed by atoms with Crippen molar-refractivity contribution in [1.82, 2.24) is 0 Å². The molecule has 0 unspecified atom stereocenters. The van der Waals surface area contributed by atoms with E-state index < -0.39 is 0 Å². The Bertz CT molecular complexity index is 3260. The molecule has 0 bridgehead atoms. The molecule has 0 nitrogen and oxygen atoms in total. The van der Waals surface area contributed by atoms with Gasteiger partial charge < -0.3 is 0 Å². The van der Waals surface area contributed by atoms with Crippen molar-refractivity contribution in [3.8, 4) is 55.6 Å². The molecule has 0 atom stereocenters. The van der Waals surface area contributed by atoms with E-state index in [1.54, 1.807) is 0 Å². The zero-order valence-corrected chi connectivity index (χ0v) is 30.8. The van der Waals surface area contributed by atoms with Crippen molar-refractivity contribution in [2.24, 2.45) is 0 Å². The predicted octanol–water partition coefficient (Wildman–Crippen LogP) is 15.8. The standard InChI is InChI=1S/C56H36/c1-3-15-38(16-4-1)43-19-7-8-21-45(43)40-29-27-37(28-30-40)41-31-33-51-53(35-41)47-23-11-13-25-49(47)56-52-34-32-42(36-54(52)48-24-12-14-26-50(48)55(51)56)46-22-10-9-20-44(46)39-17-5-2-6-18-39/h1-36H. The van der Waals surface area contributed by atoms with E-state index in [0.717, 1.165) is 0 Å². The topological polar surface area (TPSA) is 0 Å². The zero-order chi connectivity index (χ0) is 37.0. The van der Waals surface area contributed by atoms with Crippen LogP contribution in [0.5, 0.6) is 0 Å². The van der Waals surface area contributed by atoms with Gasteiger partial charge in [0.05, 0.1) is 0 Å². The van der Waals surface area contributed by atoms with Gasteiger partial charge in [-0.15, -0.1) is 0 Å². The molecular formula is C56H36. The third kappa shape index (κ3) is 5.22. The molecule has 11 aromatic rings. The van der Waals surface area contributed by atoms with Gasteiger partial charge in [0.1, 0.15) is 0 Å². The molecular weight excluding hydrogens is 673 g/mol. The number of benzene rings is 11. The van der Waals surface area contributed by atoms with E-state index >= 15 is 0 Å². The largest absolute Gasteiger partial charge is 0.0622 e. The van der Waals surface area contributed by atoms with E-state index in [1.807, 2.05) is 0 Å². The molecule has 0 aliphatic carbocycles. The Morgan fingerprint density at radius 1 is 0.161 bits per heavy atom. The normalized spacial score (nSPS) is 11.6. The molecule has 260 valence electrons. The summed E-state index contributed by atoms with van der Waals surface area (Å²) < 4.78 is 0. The Morgan fingerprint density at radius 3 is 0.946 bits per heavy atom. The van der Waals surface area contributed by atoms with Crippen molar-refractivity contribution in [3.63, 3.8) is 0 Å². The third-order valence-corrected chi connectivity index (χ3v) is 11.7. The molecule has 56 heavy (non-hydrogen) atoms. The van der Waals surface area contributed by atoms with Crippen LogP contribution < -0.4 is 0 Å². The third-order valence-electron chi connectivity index (χ3n) is 11.7. The van der Waals surface area contributed by atoms with Crippen LogP contribution in [0.15, 0.2) is 218 Å². The van der Waals surface area contributed by atoms with Crippen LogP contribution in [0.1, 0.15) is 0 Å². The van der Waals surface area contributed by atoms with Crippen LogP contribution in [0, 0.1) is 0 Å². The summed E-state index contributed by atoms with van der Waals surface area (Å²) in [6.45, 7) is 0. The van der Waals surface area contributed by atoms with Crippen LogP contribution in [-0.4, -0.2) is 0 Å². The maximum Gasteiger partial charge on any atom is -0.00139 e. The molecule has 0 heterocycles. The van der Waals surface area contributed by atoms with E-state index in [9.17, 15) is 0 Å². The second-order valence-electron chi connectivity index (χ2n) is 14.8. The molecule has 0 N–H and O–H groups in total. The van der Waals surface area contributed by atoms with Crippen LogP contribution in [0.2, 0.25) is 0 Å². The molecule has 0 saturated heterocycles. The molecule has 0 saturated carbocycles. The minimum absolute atomic E-state index is 1.21. The molecule has 0 aromatic heterocycles. The van der Waals surface area contributed by atoms with Gasteiger partial charge in [-0.2, -0.15) is 0 Å². The summed E-state index contributed by atoms with van der Waals surface area (Å²) >= 11 is 0. The van der Waals surface area contributed by atoms with E-state index in [1.165, 1.54) is 109 Å². The monoisotopic (exact) mass is 708 g/mol. The Hall–Kier alpha value is -7.28. The SMILES string of the molecule is c1ccc(-c2ccccc2-c2ccc(-c3ccc4c(c3)c3ccccc3c3c5ccc(-c6ccccc6-c6ccccc6)cc5c5ccccc5c43)cc2)cc1. The zero-order valence-electron chi connectivity index (χ0n) is 30.8. The van der Waals surface area contributed by atoms with E-state index in [0.29, 0.717) is 0 Å². The average molecular weight is 709 g/mol. The predicted molar refractivity (Wildman–Crippen MR) is 241 cm³/mol. The highest BCUT2D eigenvalue weighted by Gasteiger charge is 2.18. The number of hydrogen-bond donors (Lipinski definition) is 0. The second-order valence-corrected chi connectivity index (χ2v) is 14.8. The molecule has 0 fully saturated rings. The maximum absolute atomic E-state index is 2.42. The van der Waals surface area contributed by atoms with Crippen molar-refractivity contribution >= 4 is 53.9 Å². The van der Waals surface area contributed by atoms with Gasteiger partial charge in [0.15, 0.2) is 0 Å². The van der Waals surface area contributed by atoms with Gasteiger partial charge in [0, 0.05) is 0 Å². The summed E-state index contributed by atoms with van der Waals surface area (Å²) in [5.74, 6) is 0. The first-order valence-corrected chi connectivity index (χ1v) is 19.4. The summed E-state index contributed by atoms with van der Waals surface area (Å²) in [5, 5.41) is 12.9. The van der Waals surface area contributed by atoms with E-state index in [4.69, 9.17) is 0 Å². The summed E-state index contributed by atoms with van der Waals surface area (Å²) in [5.41, 5.74) is 12.3. The fourth-order valence-electron chi connectivity index (χ4n) is 9.07. The van der Waals surface area contributed by atoms with Crippen LogP contribution in [0.3, 0.4) is 0 Å². The van der Waals surface area contributed by atoms with Gasteiger partial charge >= 0.3 is 0 Å². The average Bonchev–Trinajstić information content (AvgIpc) is 3.29. The lowest BCUT2D eigenvalue weighted by atomic mass is 9.85. The van der Waals surface area contributed by atoms with Crippen molar-refractivity contribution in [3.05, 3.63) is 218 Å². The van der Waals surface area contributed by atoms with Gasteiger partial charge in [-0.1, -0.05) is 206 Å². The summed E-state index contributed by atoms with van der Waals surface area (Å²) in [4.78, 5) is 0. The quantitative estimate of drug-likeness (QED) is 0.156. The first-order chi connectivity index (χ1) is 27.8. The first-order valence-electron chi connectivity index (χ1n) is 19.4. The number of fused-ring (bicyclic) bond motifs is 11. The van der Waals surface area contributed by atoms with Crippen molar-refractivity contribution < 1.29 is 0 Å². The number of hydrogen-bond acceptors (Lipinski definition) is 0. The Labute approximate surface area is 326 Å². The molecule has 11 aromatic carbocycles. The van der Waals surface area contributed by atoms with Gasteiger partial charge in [-0.3, -0.25) is 0 Å². The van der Waals surface area contributed by atoms with Gasteiger partial charge in [-0.05, 0) is 122 Å². The molecule has 0 aliphatic rings. The highest BCUT2D eigenvalue weighted by atomic mass is 14.2. The minimum atomic E-state index is 1.21. The molecule has 0 aliphatic heterocycles. The maximum atomic E-state index is 2.42. The summed E-state index contributed by atoms with van der Waals surface area (Å²) in [6, 6.07) is 80.1. The molecule has 0 heteroatoms. The summed E-state index contributed by atoms with van der Waals surface area (Å²) in [6.07, 6.45) is 0. The molecule has 0 spiro atoms. The van der Waals surface area contributed by atoms with Crippen LogP contribution >= 0.6 is 0 Å². The lowest BCUT2D eigenvalue weighted by Gasteiger charge is -2.18. The van der Waals surface area contributed by atoms with E-state index in [-0.39, 0.29) is 0 Å². The van der Waals surface area contributed by atoms with Gasteiger partial charge in [0.25, 0.3) is 0 Å². The van der Waals surface area contributed by atoms with Crippen molar-refractivity contribution in [1.29, 1.82) is 0 Å². The number of rotatable bonds is 5. The highest BCUT2D eigenvalue weighted by molar-refractivity contribution is 6.39. The van der Waals surface area contributed by atoms with Crippen molar-refractivity contribution in [2.75, 3.05) is 0 Å².